The summed E-state index contributed by atoms with van der Waals surface area (Å²) < 4.78 is 7.06. The number of carbonyl (C=O) groups excluding carboxylic acids is 1. The fourth-order valence-corrected chi connectivity index (χ4v) is 2.64. The molecule has 2 aromatic rings. The largest absolute Gasteiger partial charge is 0.361 e. The molecular weight excluding hydrogens is 256 g/mol. The summed E-state index contributed by atoms with van der Waals surface area (Å²) in [5, 5.41) is 3.79. The molecule has 1 aliphatic rings. The van der Waals surface area contributed by atoms with E-state index in [0.29, 0.717) is 17.4 Å². The van der Waals surface area contributed by atoms with Gasteiger partial charge in [-0.2, -0.15) is 0 Å². The van der Waals surface area contributed by atoms with Crippen LogP contribution in [-0.4, -0.2) is 38.6 Å². The van der Waals surface area contributed by atoms with Crippen LogP contribution < -0.4 is 0 Å². The van der Waals surface area contributed by atoms with E-state index < -0.39 is 0 Å². The monoisotopic (exact) mass is 274 g/mol. The van der Waals surface area contributed by atoms with Crippen molar-refractivity contribution in [2.75, 3.05) is 13.1 Å². The molecule has 0 spiro atoms. The lowest BCUT2D eigenvalue weighted by Gasteiger charge is -2.31. The van der Waals surface area contributed by atoms with Gasteiger partial charge in [0, 0.05) is 38.1 Å². The first kappa shape index (κ1) is 12.9. The highest BCUT2D eigenvalue weighted by Crippen LogP contribution is 2.20. The Hall–Kier alpha value is -2.11. The molecule has 0 unspecified atom stereocenters. The number of aromatic nitrogens is 3. The number of aryl methyl sites for hydroxylation is 1. The van der Waals surface area contributed by atoms with E-state index in [0.717, 1.165) is 32.5 Å². The van der Waals surface area contributed by atoms with Gasteiger partial charge >= 0.3 is 0 Å². The quantitative estimate of drug-likeness (QED) is 0.855. The van der Waals surface area contributed by atoms with Crippen molar-refractivity contribution in [3.63, 3.8) is 0 Å². The number of rotatable bonds is 3. The molecule has 2 aromatic heterocycles. The Morgan fingerprint density at radius 2 is 2.25 bits per heavy atom. The average molecular weight is 274 g/mol. The highest BCUT2D eigenvalue weighted by Gasteiger charge is 2.25. The van der Waals surface area contributed by atoms with E-state index >= 15 is 0 Å². The molecule has 1 fully saturated rings. The molecule has 0 aromatic carbocycles. The Morgan fingerprint density at radius 3 is 2.85 bits per heavy atom. The van der Waals surface area contributed by atoms with E-state index in [-0.39, 0.29) is 5.91 Å². The van der Waals surface area contributed by atoms with Crippen LogP contribution in [0.5, 0.6) is 0 Å². The number of hydrogen-bond donors (Lipinski definition) is 0. The Balaban J connectivity index is 1.54. The van der Waals surface area contributed by atoms with Crippen LogP contribution in [0, 0.1) is 12.8 Å². The standard InChI is InChI=1S/C14H18N4O2/c1-11-8-13(16-20-11)14(19)18-5-2-12(3-6-18)9-17-7-4-15-10-17/h4,7-8,10,12H,2-3,5-6,9H2,1H3. The lowest BCUT2D eigenvalue weighted by atomic mass is 9.96. The molecule has 0 aliphatic carbocycles. The SMILES string of the molecule is Cc1cc(C(=O)N2CCC(Cn3ccnc3)CC2)no1. The lowest BCUT2D eigenvalue weighted by Crippen LogP contribution is -2.39. The number of nitrogens with zero attached hydrogens (tertiary/aromatic N) is 4. The first-order valence-electron chi connectivity index (χ1n) is 6.90. The number of likely N-dealkylation sites (tertiary alicyclic amines) is 1. The van der Waals surface area contributed by atoms with Crippen LogP contribution in [0.1, 0.15) is 29.1 Å². The summed E-state index contributed by atoms with van der Waals surface area (Å²) in [5.41, 5.74) is 0.413. The molecule has 1 amide bonds. The van der Waals surface area contributed by atoms with E-state index in [1.54, 1.807) is 19.2 Å². The van der Waals surface area contributed by atoms with E-state index in [1.807, 2.05) is 17.4 Å². The maximum atomic E-state index is 12.2. The molecule has 0 radical (unpaired) electrons. The maximum Gasteiger partial charge on any atom is 0.276 e. The molecule has 1 aliphatic heterocycles. The van der Waals surface area contributed by atoms with Crippen LogP contribution >= 0.6 is 0 Å². The van der Waals surface area contributed by atoms with Crippen LogP contribution in [-0.2, 0) is 6.54 Å². The minimum Gasteiger partial charge on any atom is -0.361 e. The third-order valence-electron chi connectivity index (χ3n) is 3.78. The summed E-state index contributed by atoms with van der Waals surface area (Å²) in [6, 6.07) is 1.69. The molecule has 3 rings (SSSR count). The van der Waals surface area contributed by atoms with E-state index in [2.05, 4.69) is 14.7 Å². The maximum absolute atomic E-state index is 12.2. The van der Waals surface area contributed by atoms with Gasteiger partial charge in [0.2, 0.25) is 0 Å². The first-order chi connectivity index (χ1) is 9.72. The molecule has 3 heterocycles. The highest BCUT2D eigenvalue weighted by atomic mass is 16.5. The van der Waals surface area contributed by atoms with Gasteiger partial charge < -0.3 is 14.0 Å². The van der Waals surface area contributed by atoms with Crippen LogP contribution in [0.15, 0.2) is 29.3 Å². The summed E-state index contributed by atoms with van der Waals surface area (Å²) in [5.74, 6) is 1.25. The van der Waals surface area contributed by atoms with Gasteiger partial charge in [-0.15, -0.1) is 0 Å². The zero-order valence-electron chi connectivity index (χ0n) is 11.5. The van der Waals surface area contributed by atoms with E-state index in [1.165, 1.54) is 0 Å². The Labute approximate surface area is 117 Å². The van der Waals surface area contributed by atoms with Gasteiger partial charge in [0.05, 0.1) is 6.33 Å². The minimum atomic E-state index is -0.0251. The van der Waals surface area contributed by atoms with E-state index in [4.69, 9.17) is 4.52 Å². The number of imidazole rings is 1. The smallest absolute Gasteiger partial charge is 0.276 e. The second-order valence-electron chi connectivity index (χ2n) is 5.32. The Morgan fingerprint density at radius 1 is 1.45 bits per heavy atom. The van der Waals surface area contributed by atoms with Crippen molar-refractivity contribution >= 4 is 5.91 Å². The van der Waals surface area contributed by atoms with Gasteiger partial charge in [-0.25, -0.2) is 4.98 Å². The third kappa shape index (κ3) is 2.74. The third-order valence-corrected chi connectivity index (χ3v) is 3.78. The van der Waals surface area contributed by atoms with Gasteiger partial charge in [-0.05, 0) is 25.7 Å². The van der Waals surface area contributed by atoms with Crippen molar-refractivity contribution in [3.05, 3.63) is 36.2 Å². The zero-order valence-corrected chi connectivity index (χ0v) is 11.5. The molecule has 0 atom stereocenters. The predicted octanol–water partition coefficient (Wildman–Crippen LogP) is 1.73. The van der Waals surface area contributed by atoms with Crippen LogP contribution in [0.2, 0.25) is 0 Å². The fourth-order valence-electron chi connectivity index (χ4n) is 2.64. The molecule has 1 saturated heterocycles. The van der Waals surface area contributed by atoms with Crippen LogP contribution in [0.4, 0.5) is 0 Å². The summed E-state index contributed by atoms with van der Waals surface area (Å²) in [4.78, 5) is 18.1. The molecule has 0 N–H and O–H groups in total. The van der Waals surface area contributed by atoms with Crippen molar-refractivity contribution in [2.45, 2.75) is 26.3 Å². The van der Waals surface area contributed by atoms with Crippen molar-refractivity contribution in [2.24, 2.45) is 5.92 Å². The average Bonchev–Trinajstić information content (AvgIpc) is 3.10. The molecule has 106 valence electrons. The summed E-state index contributed by atoms with van der Waals surface area (Å²) in [6.07, 6.45) is 7.65. The van der Waals surface area contributed by atoms with Crippen LogP contribution in [0.25, 0.3) is 0 Å². The van der Waals surface area contributed by atoms with Gasteiger partial charge in [0.15, 0.2) is 5.69 Å². The van der Waals surface area contributed by atoms with Crippen molar-refractivity contribution in [3.8, 4) is 0 Å². The summed E-state index contributed by atoms with van der Waals surface area (Å²) in [6.45, 7) is 4.33. The molecule has 0 saturated carbocycles. The zero-order chi connectivity index (χ0) is 13.9. The van der Waals surface area contributed by atoms with Gasteiger partial charge in [0.25, 0.3) is 5.91 Å². The Bertz CT molecular complexity index is 568. The topological polar surface area (TPSA) is 64.2 Å². The minimum absolute atomic E-state index is 0.0251. The number of piperidine rings is 1. The molecular formula is C14H18N4O2. The fraction of sp³-hybridized carbons (Fsp3) is 0.500. The number of hydrogen-bond acceptors (Lipinski definition) is 4. The first-order valence-corrected chi connectivity index (χ1v) is 6.90. The van der Waals surface area contributed by atoms with Crippen molar-refractivity contribution in [1.82, 2.24) is 19.6 Å². The highest BCUT2D eigenvalue weighted by molar-refractivity contribution is 5.92. The van der Waals surface area contributed by atoms with Gasteiger partial charge in [-0.3, -0.25) is 4.79 Å². The van der Waals surface area contributed by atoms with E-state index in [9.17, 15) is 4.79 Å². The summed E-state index contributed by atoms with van der Waals surface area (Å²) >= 11 is 0. The Kier molecular flexibility index (Phi) is 3.54. The second kappa shape index (κ2) is 5.48. The van der Waals surface area contributed by atoms with Gasteiger partial charge in [-0.1, -0.05) is 5.16 Å². The number of amides is 1. The molecule has 6 heteroatoms. The van der Waals surface area contributed by atoms with Crippen molar-refractivity contribution in [1.29, 1.82) is 0 Å². The van der Waals surface area contributed by atoms with Gasteiger partial charge in [0.1, 0.15) is 5.76 Å². The second-order valence-corrected chi connectivity index (χ2v) is 5.32. The summed E-state index contributed by atoms with van der Waals surface area (Å²) in [7, 11) is 0. The van der Waals surface area contributed by atoms with Crippen LogP contribution in [0.3, 0.4) is 0 Å². The predicted molar refractivity (Wildman–Crippen MR) is 72.1 cm³/mol. The van der Waals surface area contributed by atoms with Crippen molar-refractivity contribution < 1.29 is 9.32 Å². The molecule has 6 nitrogen and oxygen atoms in total. The normalized spacial score (nSPS) is 16.6. The number of carbonyl (C=O) groups is 1. The molecule has 0 bridgehead atoms. The molecule has 20 heavy (non-hydrogen) atoms. The lowest BCUT2D eigenvalue weighted by molar-refractivity contribution is 0.0672.